The Morgan fingerprint density at radius 1 is 1.06 bits per heavy atom. The second-order valence-corrected chi connectivity index (χ2v) is 9.83. The number of carbonyl (C=O) groups is 2. The minimum atomic E-state index is -1.03. The van der Waals surface area contributed by atoms with E-state index in [9.17, 15) is 14.7 Å². The van der Waals surface area contributed by atoms with E-state index in [1.54, 1.807) is 24.3 Å². The van der Waals surface area contributed by atoms with Crippen LogP contribution >= 0.6 is 11.6 Å². The van der Waals surface area contributed by atoms with E-state index in [1.807, 2.05) is 49.1 Å². The zero-order valence-electron chi connectivity index (χ0n) is 18.0. The van der Waals surface area contributed by atoms with Gasteiger partial charge >= 0.3 is 0 Å². The number of halogens is 1. The van der Waals surface area contributed by atoms with Crippen molar-refractivity contribution >= 4 is 23.4 Å². The summed E-state index contributed by atoms with van der Waals surface area (Å²) in [5.74, 6) is -0.278. The largest absolute Gasteiger partial charge is 0.384 e. The zero-order chi connectivity index (χ0) is 22.2. The van der Waals surface area contributed by atoms with Gasteiger partial charge in [-0.3, -0.25) is 9.59 Å². The molecule has 1 heterocycles. The van der Waals surface area contributed by atoms with E-state index in [4.69, 9.17) is 11.6 Å². The number of piperidine rings is 1. The van der Waals surface area contributed by atoms with Crippen molar-refractivity contribution in [1.29, 1.82) is 0 Å². The van der Waals surface area contributed by atoms with Crippen molar-refractivity contribution in [3.05, 3.63) is 70.7 Å². The number of rotatable bonds is 4. The summed E-state index contributed by atoms with van der Waals surface area (Å²) in [6.45, 7) is 4.94. The summed E-state index contributed by atoms with van der Waals surface area (Å²) < 4.78 is 0. The molecule has 1 aliphatic heterocycles. The standard InChI is InChI=1S/C25H29ClN2O3/c1-24(2)16-28(15-14-25(24,31)18-8-10-19(26)11-9-18)23(30)20-12-13-21(20)27-22(29)17-6-4-3-5-7-17/h3-11,20-21,31H,12-16H2,1-2H3,(H,27,29)/t20-,21+,25-/m0/s1. The van der Waals surface area contributed by atoms with Crippen LogP contribution in [0.25, 0.3) is 0 Å². The summed E-state index contributed by atoms with van der Waals surface area (Å²) in [5.41, 5.74) is -0.130. The average molecular weight is 441 g/mol. The van der Waals surface area contributed by atoms with Crippen molar-refractivity contribution in [2.45, 2.75) is 44.8 Å². The van der Waals surface area contributed by atoms with Crippen molar-refractivity contribution in [2.75, 3.05) is 13.1 Å². The smallest absolute Gasteiger partial charge is 0.251 e. The monoisotopic (exact) mass is 440 g/mol. The lowest BCUT2D eigenvalue weighted by Gasteiger charge is -2.52. The number of amides is 2. The topological polar surface area (TPSA) is 69.6 Å². The van der Waals surface area contributed by atoms with Gasteiger partial charge in [-0.15, -0.1) is 0 Å². The molecule has 6 heteroatoms. The number of aliphatic hydroxyl groups is 1. The first-order valence-electron chi connectivity index (χ1n) is 10.8. The van der Waals surface area contributed by atoms with Crippen molar-refractivity contribution in [3.63, 3.8) is 0 Å². The fourth-order valence-electron chi connectivity index (χ4n) is 4.82. The van der Waals surface area contributed by atoms with Crippen molar-refractivity contribution < 1.29 is 14.7 Å². The molecule has 0 spiro atoms. The number of hydrogen-bond donors (Lipinski definition) is 2. The molecule has 2 N–H and O–H groups in total. The maximum absolute atomic E-state index is 13.3. The SMILES string of the molecule is CC1(C)CN(C(=O)[C@H]2CC[C@H]2NC(=O)c2ccccc2)CC[C@]1(O)c1ccc(Cl)cc1. The molecule has 4 rings (SSSR count). The van der Waals surface area contributed by atoms with Crippen LogP contribution in [0.3, 0.4) is 0 Å². The Morgan fingerprint density at radius 3 is 2.32 bits per heavy atom. The number of nitrogens with zero attached hydrogens (tertiary/aromatic N) is 1. The van der Waals surface area contributed by atoms with Crippen LogP contribution in [0, 0.1) is 11.3 Å². The second kappa shape index (κ2) is 8.29. The molecule has 2 aromatic rings. The highest BCUT2D eigenvalue weighted by molar-refractivity contribution is 6.30. The van der Waals surface area contributed by atoms with Crippen LogP contribution in [0.2, 0.25) is 5.02 Å². The highest BCUT2D eigenvalue weighted by atomic mass is 35.5. The number of carbonyl (C=O) groups excluding carboxylic acids is 2. The predicted octanol–water partition coefficient (Wildman–Crippen LogP) is 3.99. The molecule has 2 aromatic carbocycles. The maximum Gasteiger partial charge on any atom is 0.251 e. The van der Waals surface area contributed by atoms with Gasteiger partial charge in [-0.1, -0.05) is 55.8 Å². The minimum Gasteiger partial charge on any atom is -0.384 e. The van der Waals surface area contributed by atoms with Crippen LogP contribution in [-0.2, 0) is 10.4 Å². The van der Waals surface area contributed by atoms with E-state index in [0.29, 0.717) is 30.1 Å². The van der Waals surface area contributed by atoms with Gasteiger partial charge in [-0.2, -0.15) is 0 Å². The first-order chi connectivity index (χ1) is 14.7. The summed E-state index contributed by atoms with van der Waals surface area (Å²) in [6.07, 6.45) is 2.04. The van der Waals surface area contributed by atoms with E-state index < -0.39 is 11.0 Å². The third kappa shape index (κ3) is 4.09. The Kier molecular flexibility index (Phi) is 5.84. The first kappa shape index (κ1) is 21.8. The van der Waals surface area contributed by atoms with Gasteiger partial charge in [0.25, 0.3) is 5.91 Å². The molecule has 164 valence electrons. The molecule has 0 unspecified atom stereocenters. The lowest BCUT2D eigenvalue weighted by atomic mass is 9.66. The van der Waals surface area contributed by atoms with E-state index in [-0.39, 0.29) is 23.8 Å². The van der Waals surface area contributed by atoms with Gasteiger partial charge in [0, 0.05) is 35.1 Å². The Hall–Kier alpha value is -2.37. The quantitative estimate of drug-likeness (QED) is 0.755. The molecule has 0 bridgehead atoms. The van der Waals surface area contributed by atoms with Crippen LogP contribution in [0.4, 0.5) is 0 Å². The summed E-state index contributed by atoms with van der Waals surface area (Å²) in [5, 5.41) is 15.2. The van der Waals surface area contributed by atoms with Gasteiger partial charge in [-0.05, 0) is 49.1 Å². The molecular weight excluding hydrogens is 412 g/mol. The van der Waals surface area contributed by atoms with Gasteiger partial charge in [0.05, 0.1) is 11.5 Å². The zero-order valence-corrected chi connectivity index (χ0v) is 18.7. The molecule has 1 saturated carbocycles. The predicted molar refractivity (Wildman–Crippen MR) is 121 cm³/mol. The molecule has 2 aliphatic rings. The molecule has 31 heavy (non-hydrogen) atoms. The summed E-state index contributed by atoms with van der Waals surface area (Å²) in [7, 11) is 0. The Labute approximate surface area is 188 Å². The normalized spacial score (nSPS) is 27.3. The van der Waals surface area contributed by atoms with Crippen LogP contribution in [0.5, 0.6) is 0 Å². The molecule has 2 fully saturated rings. The summed E-state index contributed by atoms with van der Waals surface area (Å²) in [6, 6.07) is 16.2. The van der Waals surface area contributed by atoms with Crippen molar-refractivity contribution in [1.82, 2.24) is 10.2 Å². The molecule has 3 atom stereocenters. The molecule has 0 radical (unpaired) electrons. The summed E-state index contributed by atoms with van der Waals surface area (Å²) >= 11 is 6.01. The van der Waals surface area contributed by atoms with Gasteiger partial charge in [0.2, 0.25) is 5.91 Å². The fraction of sp³-hybridized carbons (Fsp3) is 0.440. The van der Waals surface area contributed by atoms with E-state index in [2.05, 4.69) is 5.32 Å². The van der Waals surface area contributed by atoms with Crippen LogP contribution < -0.4 is 5.32 Å². The lowest BCUT2D eigenvalue weighted by Crippen LogP contribution is -2.60. The van der Waals surface area contributed by atoms with Crippen molar-refractivity contribution in [3.8, 4) is 0 Å². The maximum atomic E-state index is 13.3. The lowest BCUT2D eigenvalue weighted by molar-refractivity contribution is -0.159. The number of hydrogen-bond acceptors (Lipinski definition) is 3. The minimum absolute atomic E-state index is 0.0656. The van der Waals surface area contributed by atoms with Crippen LogP contribution in [0.15, 0.2) is 54.6 Å². The second-order valence-electron chi connectivity index (χ2n) is 9.39. The fourth-order valence-corrected chi connectivity index (χ4v) is 4.94. The van der Waals surface area contributed by atoms with Crippen LogP contribution in [-0.4, -0.2) is 41.0 Å². The Balaban J connectivity index is 1.42. The van der Waals surface area contributed by atoms with E-state index in [0.717, 1.165) is 18.4 Å². The summed E-state index contributed by atoms with van der Waals surface area (Å²) in [4.78, 5) is 27.6. The Morgan fingerprint density at radius 2 is 1.74 bits per heavy atom. The number of benzene rings is 2. The van der Waals surface area contributed by atoms with Gasteiger partial charge in [-0.25, -0.2) is 0 Å². The third-order valence-electron chi connectivity index (χ3n) is 7.03. The van der Waals surface area contributed by atoms with Crippen LogP contribution in [0.1, 0.15) is 49.0 Å². The molecule has 0 aromatic heterocycles. The van der Waals surface area contributed by atoms with Gasteiger partial charge < -0.3 is 15.3 Å². The highest BCUT2D eigenvalue weighted by Crippen LogP contribution is 2.47. The van der Waals surface area contributed by atoms with E-state index in [1.165, 1.54) is 0 Å². The molecule has 2 amide bonds. The average Bonchev–Trinajstić information content (AvgIpc) is 2.74. The Bertz CT molecular complexity index is 960. The van der Waals surface area contributed by atoms with Gasteiger partial charge in [0.1, 0.15) is 0 Å². The van der Waals surface area contributed by atoms with Crippen molar-refractivity contribution in [2.24, 2.45) is 11.3 Å². The highest BCUT2D eigenvalue weighted by Gasteiger charge is 2.51. The van der Waals surface area contributed by atoms with Gasteiger partial charge in [0.15, 0.2) is 0 Å². The first-order valence-corrected chi connectivity index (χ1v) is 11.2. The third-order valence-corrected chi connectivity index (χ3v) is 7.28. The molecule has 5 nitrogen and oxygen atoms in total. The molecular formula is C25H29ClN2O3. The number of likely N-dealkylation sites (tertiary alicyclic amines) is 1. The molecule has 1 aliphatic carbocycles. The number of nitrogens with one attached hydrogen (secondary N) is 1. The van der Waals surface area contributed by atoms with E-state index >= 15 is 0 Å². The molecule has 1 saturated heterocycles.